The molecule has 0 spiro atoms. The van der Waals surface area contributed by atoms with Crippen LogP contribution < -0.4 is 0 Å². The molecule has 16 heavy (non-hydrogen) atoms. The first kappa shape index (κ1) is 10.1. The molecule has 0 bridgehead atoms. The highest BCUT2D eigenvalue weighted by atomic mass is 16.2. The van der Waals surface area contributed by atoms with Crippen molar-refractivity contribution in [3.63, 3.8) is 0 Å². The molecule has 1 saturated carbocycles. The summed E-state index contributed by atoms with van der Waals surface area (Å²) in [6.07, 6.45) is 5.08. The highest BCUT2D eigenvalue weighted by Crippen LogP contribution is 2.37. The molecule has 3 aliphatic rings. The second-order valence-electron chi connectivity index (χ2n) is 5.23. The van der Waals surface area contributed by atoms with Gasteiger partial charge < -0.3 is 4.90 Å². The monoisotopic (exact) mass is 222 g/mol. The number of nitrogens with zero attached hydrogens (tertiary/aromatic N) is 2. The van der Waals surface area contributed by atoms with Crippen LogP contribution in [0.4, 0.5) is 4.79 Å². The fraction of sp³-hybridized carbons (Fsp3) is 0.833. The molecule has 0 aromatic carbocycles. The summed E-state index contributed by atoms with van der Waals surface area (Å²) in [5.74, 6) is 0.697. The van der Waals surface area contributed by atoms with Crippen molar-refractivity contribution in [3.8, 4) is 0 Å². The van der Waals surface area contributed by atoms with Crippen LogP contribution in [-0.4, -0.2) is 40.4 Å². The van der Waals surface area contributed by atoms with Crippen molar-refractivity contribution >= 4 is 11.9 Å². The fourth-order valence-electron chi connectivity index (χ4n) is 2.93. The summed E-state index contributed by atoms with van der Waals surface area (Å²) < 4.78 is 0. The molecule has 3 fully saturated rings. The van der Waals surface area contributed by atoms with E-state index in [9.17, 15) is 9.59 Å². The number of carbonyl (C=O) groups excluding carboxylic acids is 2. The van der Waals surface area contributed by atoms with Gasteiger partial charge in [-0.1, -0.05) is 13.3 Å². The first-order valence-electron chi connectivity index (χ1n) is 6.36. The van der Waals surface area contributed by atoms with E-state index in [1.54, 1.807) is 4.90 Å². The van der Waals surface area contributed by atoms with E-state index in [1.807, 2.05) is 0 Å². The third kappa shape index (κ3) is 1.35. The molecule has 2 aliphatic heterocycles. The predicted molar refractivity (Wildman–Crippen MR) is 58.8 cm³/mol. The predicted octanol–water partition coefficient (Wildman–Crippen LogP) is 1.60. The molecule has 4 nitrogen and oxygen atoms in total. The van der Waals surface area contributed by atoms with Gasteiger partial charge in [-0.15, -0.1) is 0 Å². The number of amides is 3. The Labute approximate surface area is 95.6 Å². The topological polar surface area (TPSA) is 40.6 Å². The molecule has 2 saturated heterocycles. The van der Waals surface area contributed by atoms with Crippen LogP contribution >= 0.6 is 0 Å². The summed E-state index contributed by atoms with van der Waals surface area (Å²) in [6, 6.07) is 0.0736. The number of carbonyl (C=O) groups is 2. The van der Waals surface area contributed by atoms with Crippen molar-refractivity contribution < 1.29 is 9.59 Å². The van der Waals surface area contributed by atoms with Gasteiger partial charge in [-0.05, 0) is 31.6 Å². The van der Waals surface area contributed by atoms with Crippen molar-refractivity contribution in [2.24, 2.45) is 5.92 Å². The number of hydrogen-bond acceptors (Lipinski definition) is 2. The van der Waals surface area contributed by atoms with Crippen molar-refractivity contribution in [2.45, 2.75) is 51.1 Å². The number of piperidine rings is 1. The summed E-state index contributed by atoms with van der Waals surface area (Å²) >= 11 is 0. The molecule has 0 radical (unpaired) electrons. The van der Waals surface area contributed by atoms with E-state index < -0.39 is 0 Å². The molecule has 4 heteroatoms. The van der Waals surface area contributed by atoms with E-state index in [4.69, 9.17) is 0 Å². The number of hydrogen-bond donors (Lipinski definition) is 0. The lowest BCUT2D eigenvalue weighted by molar-refractivity contribution is -0.129. The zero-order valence-corrected chi connectivity index (χ0v) is 9.69. The Kier molecular flexibility index (Phi) is 2.19. The molecule has 1 aliphatic carbocycles. The average Bonchev–Trinajstić information content (AvgIpc) is 3.09. The van der Waals surface area contributed by atoms with Gasteiger partial charge in [-0.3, -0.25) is 9.69 Å². The molecule has 0 aromatic heterocycles. The maximum absolute atomic E-state index is 12.2. The molecule has 3 amide bonds. The van der Waals surface area contributed by atoms with E-state index in [-0.39, 0.29) is 24.0 Å². The molecular weight excluding hydrogens is 204 g/mol. The quantitative estimate of drug-likeness (QED) is 0.666. The Morgan fingerprint density at radius 3 is 2.62 bits per heavy atom. The van der Waals surface area contributed by atoms with Crippen LogP contribution in [0, 0.1) is 5.92 Å². The van der Waals surface area contributed by atoms with Gasteiger partial charge >= 0.3 is 6.03 Å². The summed E-state index contributed by atoms with van der Waals surface area (Å²) in [7, 11) is 0. The van der Waals surface area contributed by atoms with Crippen LogP contribution in [0.5, 0.6) is 0 Å². The van der Waals surface area contributed by atoms with Gasteiger partial charge in [0.2, 0.25) is 0 Å². The highest BCUT2D eigenvalue weighted by Gasteiger charge is 2.52. The van der Waals surface area contributed by atoms with Crippen molar-refractivity contribution in [1.82, 2.24) is 9.80 Å². The zero-order chi connectivity index (χ0) is 11.3. The van der Waals surface area contributed by atoms with Crippen LogP contribution in [0.15, 0.2) is 0 Å². The van der Waals surface area contributed by atoms with Gasteiger partial charge in [0.05, 0.1) is 0 Å². The van der Waals surface area contributed by atoms with Gasteiger partial charge in [0, 0.05) is 12.6 Å². The summed E-state index contributed by atoms with van der Waals surface area (Å²) in [4.78, 5) is 27.5. The van der Waals surface area contributed by atoms with Crippen molar-refractivity contribution in [3.05, 3.63) is 0 Å². The van der Waals surface area contributed by atoms with Crippen molar-refractivity contribution in [1.29, 1.82) is 0 Å². The first-order valence-corrected chi connectivity index (χ1v) is 6.36. The van der Waals surface area contributed by atoms with Gasteiger partial charge in [0.1, 0.15) is 6.04 Å². The average molecular weight is 222 g/mol. The number of fused-ring (bicyclic) bond motifs is 1. The SMILES string of the molecule is CCC1CCN2C(=O)N(C3CC3)C(=O)C2C1. The fourth-order valence-corrected chi connectivity index (χ4v) is 2.93. The Morgan fingerprint density at radius 1 is 1.25 bits per heavy atom. The minimum atomic E-state index is -0.133. The van der Waals surface area contributed by atoms with E-state index in [0.717, 1.165) is 38.6 Å². The van der Waals surface area contributed by atoms with Gasteiger partial charge in [0.15, 0.2) is 0 Å². The molecule has 2 heterocycles. The lowest BCUT2D eigenvalue weighted by atomic mass is 9.89. The second-order valence-corrected chi connectivity index (χ2v) is 5.23. The Bertz CT molecular complexity index is 338. The van der Waals surface area contributed by atoms with Crippen LogP contribution in [0.3, 0.4) is 0 Å². The molecule has 0 N–H and O–H groups in total. The maximum atomic E-state index is 12.2. The number of imide groups is 1. The van der Waals surface area contributed by atoms with Crippen LogP contribution in [-0.2, 0) is 4.79 Å². The molecular formula is C12H18N2O2. The van der Waals surface area contributed by atoms with Crippen LogP contribution in [0.1, 0.15) is 39.0 Å². The van der Waals surface area contributed by atoms with Gasteiger partial charge in [-0.2, -0.15) is 0 Å². The standard InChI is InChI=1S/C12H18N2O2/c1-2-8-5-6-13-10(7-8)11(15)14(12(13)16)9-3-4-9/h8-10H,2-7H2,1H3. The Hall–Kier alpha value is -1.06. The second kappa shape index (κ2) is 3.47. The molecule has 0 aromatic rings. The largest absolute Gasteiger partial charge is 0.327 e. The molecule has 3 rings (SSSR count). The first-order chi connectivity index (χ1) is 7.72. The van der Waals surface area contributed by atoms with Crippen molar-refractivity contribution in [2.75, 3.05) is 6.54 Å². The van der Waals surface area contributed by atoms with Gasteiger partial charge in [-0.25, -0.2) is 4.79 Å². The smallest absolute Gasteiger partial charge is 0.312 e. The summed E-state index contributed by atoms with van der Waals surface area (Å²) in [6.45, 7) is 2.94. The summed E-state index contributed by atoms with van der Waals surface area (Å²) in [5, 5.41) is 0. The Morgan fingerprint density at radius 2 is 2.00 bits per heavy atom. The number of rotatable bonds is 2. The molecule has 2 unspecified atom stereocenters. The third-order valence-corrected chi connectivity index (χ3v) is 4.17. The van der Waals surface area contributed by atoms with E-state index >= 15 is 0 Å². The van der Waals surface area contributed by atoms with E-state index in [2.05, 4.69) is 6.92 Å². The minimum Gasteiger partial charge on any atom is -0.312 e. The normalized spacial score (nSPS) is 34.6. The zero-order valence-electron chi connectivity index (χ0n) is 9.69. The molecule has 2 atom stereocenters. The van der Waals surface area contributed by atoms with E-state index in [0.29, 0.717) is 5.92 Å². The Balaban J connectivity index is 1.81. The van der Waals surface area contributed by atoms with Crippen LogP contribution in [0.25, 0.3) is 0 Å². The third-order valence-electron chi connectivity index (χ3n) is 4.17. The van der Waals surface area contributed by atoms with E-state index in [1.165, 1.54) is 4.90 Å². The maximum Gasteiger partial charge on any atom is 0.327 e. The molecule has 88 valence electrons. The number of urea groups is 1. The highest BCUT2D eigenvalue weighted by molar-refractivity contribution is 6.04. The lowest BCUT2D eigenvalue weighted by Crippen LogP contribution is -2.42. The lowest BCUT2D eigenvalue weighted by Gasteiger charge is -2.31. The minimum absolute atomic E-state index is 0.0212. The summed E-state index contributed by atoms with van der Waals surface area (Å²) in [5.41, 5.74) is 0. The van der Waals surface area contributed by atoms with Crippen LogP contribution in [0.2, 0.25) is 0 Å². The van der Waals surface area contributed by atoms with Gasteiger partial charge in [0.25, 0.3) is 5.91 Å².